The van der Waals surface area contributed by atoms with Crippen LogP contribution in [-0.2, 0) is 15.8 Å². The molecule has 0 aliphatic rings. The van der Waals surface area contributed by atoms with Gasteiger partial charge < -0.3 is 10.2 Å². The molecule has 0 saturated heterocycles. The normalized spacial score (nSPS) is 11.4. The first kappa shape index (κ1) is 18.0. The van der Waals surface area contributed by atoms with Gasteiger partial charge in [0.2, 0.25) is 11.8 Å². The van der Waals surface area contributed by atoms with Crippen molar-refractivity contribution < 1.29 is 22.8 Å². The third-order valence-electron chi connectivity index (χ3n) is 3.05. The van der Waals surface area contributed by atoms with Crippen molar-refractivity contribution in [3.8, 4) is 0 Å². The minimum atomic E-state index is -4.41. The van der Waals surface area contributed by atoms with Crippen molar-refractivity contribution >= 4 is 17.5 Å². The predicted molar refractivity (Wildman–Crippen MR) is 77.3 cm³/mol. The molecule has 0 bridgehead atoms. The monoisotopic (exact) mass is 316 g/mol. The highest BCUT2D eigenvalue weighted by molar-refractivity contribution is 5.91. The van der Waals surface area contributed by atoms with Gasteiger partial charge in [-0.05, 0) is 24.3 Å². The number of benzene rings is 1. The molecular weight excluding hydrogens is 297 g/mol. The summed E-state index contributed by atoms with van der Waals surface area (Å²) in [5, 5.41) is 2.66. The maximum absolute atomic E-state index is 12.5. The number of hydrogen-bond acceptors (Lipinski definition) is 2. The van der Waals surface area contributed by atoms with Crippen molar-refractivity contribution in [1.82, 2.24) is 5.32 Å². The Morgan fingerprint density at radius 1 is 1.18 bits per heavy atom. The number of carbonyl (C=O) groups excluding carboxylic acids is 2. The standard InChI is InChI=1S/C15H19F3N2O2/c1-10(2)14(22)19-8-9-20(11(3)21)13-6-4-12(5-7-13)15(16,17)18/h4-7,10H,8-9H2,1-3H3,(H,19,22). The summed E-state index contributed by atoms with van der Waals surface area (Å²) in [4.78, 5) is 24.4. The molecule has 0 heterocycles. The van der Waals surface area contributed by atoms with Crippen LogP contribution in [0.25, 0.3) is 0 Å². The van der Waals surface area contributed by atoms with E-state index in [1.165, 1.54) is 24.0 Å². The van der Waals surface area contributed by atoms with E-state index in [1.807, 2.05) is 0 Å². The van der Waals surface area contributed by atoms with Crippen LogP contribution in [0.3, 0.4) is 0 Å². The third-order valence-corrected chi connectivity index (χ3v) is 3.05. The van der Waals surface area contributed by atoms with E-state index in [2.05, 4.69) is 5.32 Å². The van der Waals surface area contributed by atoms with Crippen molar-refractivity contribution in [1.29, 1.82) is 0 Å². The lowest BCUT2D eigenvalue weighted by Gasteiger charge is -2.22. The number of amides is 2. The lowest BCUT2D eigenvalue weighted by molar-refractivity contribution is -0.137. The fourth-order valence-electron chi connectivity index (χ4n) is 1.79. The molecule has 0 aromatic heterocycles. The van der Waals surface area contributed by atoms with Gasteiger partial charge in [-0.3, -0.25) is 9.59 Å². The van der Waals surface area contributed by atoms with Gasteiger partial charge in [0.15, 0.2) is 0 Å². The first-order valence-corrected chi connectivity index (χ1v) is 6.86. The van der Waals surface area contributed by atoms with Crippen LogP contribution in [-0.4, -0.2) is 24.9 Å². The Balaban J connectivity index is 2.75. The zero-order valence-corrected chi connectivity index (χ0v) is 12.7. The second-order valence-corrected chi connectivity index (χ2v) is 5.16. The molecule has 0 aliphatic carbocycles. The molecule has 0 fully saturated rings. The Morgan fingerprint density at radius 2 is 1.73 bits per heavy atom. The molecule has 7 heteroatoms. The van der Waals surface area contributed by atoms with Crippen molar-refractivity contribution in [3.63, 3.8) is 0 Å². The second-order valence-electron chi connectivity index (χ2n) is 5.16. The maximum atomic E-state index is 12.5. The van der Waals surface area contributed by atoms with Crippen LogP contribution in [0.2, 0.25) is 0 Å². The summed E-state index contributed by atoms with van der Waals surface area (Å²) in [6, 6.07) is 4.35. The largest absolute Gasteiger partial charge is 0.416 e. The van der Waals surface area contributed by atoms with Crippen LogP contribution in [0, 0.1) is 5.92 Å². The average molecular weight is 316 g/mol. The van der Waals surface area contributed by atoms with Gasteiger partial charge in [-0.15, -0.1) is 0 Å². The molecule has 1 aromatic rings. The summed E-state index contributed by atoms with van der Waals surface area (Å²) in [5.41, 5.74) is -0.410. The molecule has 4 nitrogen and oxygen atoms in total. The van der Waals surface area contributed by atoms with Crippen molar-refractivity contribution in [2.75, 3.05) is 18.0 Å². The lowest BCUT2D eigenvalue weighted by Crippen LogP contribution is -2.38. The first-order valence-electron chi connectivity index (χ1n) is 6.86. The van der Waals surface area contributed by atoms with E-state index in [9.17, 15) is 22.8 Å². The predicted octanol–water partition coefficient (Wildman–Crippen LogP) is 2.83. The second kappa shape index (κ2) is 7.29. The van der Waals surface area contributed by atoms with E-state index in [0.29, 0.717) is 5.69 Å². The molecule has 0 atom stereocenters. The molecule has 2 amide bonds. The third kappa shape index (κ3) is 5.05. The molecule has 0 saturated carbocycles. The Labute approximate surface area is 127 Å². The van der Waals surface area contributed by atoms with E-state index in [0.717, 1.165) is 12.1 Å². The number of carbonyl (C=O) groups is 2. The smallest absolute Gasteiger partial charge is 0.354 e. The topological polar surface area (TPSA) is 49.4 Å². The summed E-state index contributed by atoms with van der Waals surface area (Å²) < 4.78 is 37.6. The molecule has 1 N–H and O–H groups in total. The lowest BCUT2D eigenvalue weighted by atomic mass is 10.2. The zero-order chi connectivity index (χ0) is 16.9. The molecule has 22 heavy (non-hydrogen) atoms. The average Bonchev–Trinajstić information content (AvgIpc) is 2.42. The number of rotatable bonds is 5. The van der Waals surface area contributed by atoms with E-state index in [1.54, 1.807) is 13.8 Å². The van der Waals surface area contributed by atoms with Gasteiger partial charge >= 0.3 is 6.18 Å². The minimum Gasteiger partial charge on any atom is -0.354 e. The quantitative estimate of drug-likeness (QED) is 0.908. The van der Waals surface area contributed by atoms with Crippen molar-refractivity contribution in [3.05, 3.63) is 29.8 Å². The number of anilines is 1. The molecule has 1 aromatic carbocycles. The summed E-state index contributed by atoms with van der Waals surface area (Å²) in [7, 11) is 0. The number of nitrogens with one attached hydrogen (secondary N) is 1. The molecule has 0 aliphatic heterocycles. The zero-order valence-electron chi connectivity index (χ0n) is 12.7. The van der Waals surface area contributed by atoms with Gasteiger partial charge in [-0.2, -0.15) is 13.2 Å². The highest BCUT2D eigenvalue weighted by Crippen LogP contribution is 2.30. The summed E-state index contributed by atoms with van der Waals surface area (Å²) >= 11 is 0. The number of nitrogens with zero attached hydrogens (tertiary/aromatic N) is 1. The highest BCUT2D eigenvalue weighted by atomic mass is 19.4. The number of halogens is 3. The number of hydrogen-bond donors (Lipinski definition) is 1. The molecule has 0 spiro atoms. The van der Waals surface area contributed by atoms with Gasteiger partial charge in [-0.25, -0.2) is 0 Å². The molecule has 1 rings (SSSR count). The summed E-state index contributed by atoms with van der Waals surface area (Å²) in [6.45, 7) is 5.24. The molecule has 122 valence electrons. The maximum Gasteiger partial charge on any atom is 0.416 e. The number of alkyl halides is 3. The van der Waals surface area contributed by atoms with Crippen LogP contribution in [0.4, 0.5) is 18.9 Å². The van der Waals surface area contributed by atoms with Crippen LogP contribution >= 0.6 is 0 Å². The summed E-state index contributed by atoms with van der Waals surface area (Å²) in [6.07, 6.45) is -4.41. The highest BCUT2D eigenvalue weighted by Gasteiger charge is 2.30. The fraction of sp³-hybridized carbons (Fsp3) is 0.467. The van der Waals surface area contributed by atoms with Crippen LogP contribution in [0.1, 0.15) is 26.3 Å². The first-order chi connectivity index (χ1) is 10.1. The van der Waals surface area contributed by atoms with Crippen LogP contribution in [0.5, 0.6) is 0 Å². The van der Waals surface area contributed by atoms with Gasteiger partial charge in [-0.1, -0.05) is 13.8 Å². The van der Waals surface area contributed by atoms with E-state index in [4.69, 9.17) is 0 Å². The fourth-order valence-corrected chi connectivity index (χ4v) is 1.79. The Morgan fingerprint density at radius 3 is 2.14 bits per heavy atom. The van der Waals surface area contributed by atoms with Crippen LogP contribution < -0.4 is 10.2 Å². The van der Waals surface area contributed by atoms with Gasteiger partial charge in [0.25, 0.3) is 0 Å². The Kier molecular flexibility index (Phi) is 5.96. The van der Waals surface area contributed by atoms with E-state index < -0.39 is 11.7 Å². The summed E-state index contributed by atoms with van der Waals surface area (Å²) in [5.74, 6) is -0.619. The van der Waals surface area contributed by atoms with Crippen molar-refractivity contribution in [2.45, 2.75) is 26.9 Å². The molecule has 0 unspecified atom stereocenters. The Hall–Kier alpha value is -2.05. The van der Waals surface area contributed by atoms with Gasteiger partial charge in [0, 0.05) is 31.6 Å². The minimum absolute atomic E-state index is 0.143. The van der Waals surface area contributed by atoms with Gasteiger partial charge in [0.1, 0.15) is 0 Å². The van der Waals surface area contributed by atoms with Gasteiger partial charge in [0.05, 0.1) is 5.56 Å². The molecule has 0 radical (unpaired) electrons. The van der Waals surface area contributed by atoms with E-state index in [-0.39, 0.29) is 30.8 Å². The van der Waals surface area contributed by atoms with E-state index >= 15 is 0 Å². The SMILES string of the molecule is CC(=O)N(CCNC(=O)C(C)C)c1ccc(C(F)(F)F)cc1. The van der Waals surface area contributed by atoms with Crippen LogP contribution in [0.15, 0.2) is 24.3 Å². The van der Waals surface area contributed by atoms with Crippen molar-refractivity contribution in [2.24, 2.45) is 5.92 Å². The molecular formula is C15H19F3N2O2. The Bertz CT molecular complexity index is 525.